The Morgan fingerprint density at radius 3 is 2.41 bits per heavy atom. The molecule has 1 fully saturated rings. The van der Waals surface area contributed by atoms with Crippen LogP contribution in [0.1, 0.15) is 37.5 Å². The maximum Gasteiger partial charge on any atom is 0.362 e. The standard InChI is InChI=1S/C21H23O4PS/c1-21(2)13-24-26(23,25-14-21)20(15-8-4-3-5-9-15)19-12-17(22)16-10-6-7-11-18(16)27-19/h3-11,17,22H,12-14H2,1-2H3/b20-19-. The Labute approximate surface area is 164 Å². The van der Waals surface area contributed by atoms with Crippen molar-refractivity contribution in [3.63, 3.8) is 0 Å². The van der Waals surface area contributed by atoms with Gasteiger partial charge >= 0.3 is 7.60 Å². The van der Waals surface area contributed by atoms with Crippen LogP contribution in [0.15, 0.2) is 64.4 Å². The van der Waals surface area contributed by atoms with Crippen molar-refractivity contribution in [3.8, 4) is 0 Å². The Kier molecular flexibility index (Phi) is 5.08. The van der Waals surface area contributed by atoms with Crippen LogP contribution >= 0.6 is 19.4 Å². The Bertz CT molecular complexity index is 909. The van der Waals surface area contributed by atoms with E-state index in [2.05, 4.69) is 0 Å². The molecule has 2 aliphatic rings. The third-order valence-corrected chi connectivity index (χ3v) is 8.10. The summed E-state index contributed by atoms with van der Waals surface area (Å²) in [5.74, 6) is 0. The van der Waals surface area contributed by atoms with E-state index in [9.17, 15) is 9.67 Å². The molecular formula is C21H23O4PS. The molecule has 0 bridgehead atoms. The van der Waals surface area contributed by atoms with Crippen molar-refractivity contribution < 1.29 is 18.7 Å². The first kappa shape index (κ1) is 19.0. The Morgan fingerprint density at radius 2 is 1.70 bits per heavy atom. The predicted molar refractivity (Wildman–Crippen MR) is 109 cm³/mol. The maximum absolute atomic E-state index is 13.7. The van der Waals surface area contributed by atoms with Gasteiger partial charge in [-0.15, -0.1) is 0 Å². The lowest BCUT2D eigenvalue weighted by Gasteiger charge is -2.36. The lowest BCUT2D eigenvalue weighted by Crippen LogP contribution is -2.29. The SMILES string of the molecule is CC1(C)COP(=O)(/C(=C2/CC(O)c3ccccc3S2)c2ccccc2)OC1. The van der Waals surface area contributed by atoms with Crippen LogP contribution in [0.2, 0.25) is 0 Å². The first-order chi connectivity index (χ1) is 12.9. The van der Waals surface area contributed by atoms with E-state index in [1.165, 1.54) is 0 Å². The third kappa shape index (κ3) is 3.80. The van der Waals surface area contributed by atoms with Gasteiger partial charge in [0.2, 0.25) is 0 Å². The van der Waals surface area contributed by atoms with E-state index < -0.39 is 13.7 Å². The average Bonchev–Trinajstić information content (AvgIpc) is 2.66. The second kappa shape index (κ2) is 7.23. The summed E-state index contributed by atoms with van der Waals surface area (Å²) in [5, 5.41) is 11.3. The molecule has 1 atom stereocenters. The van der Waals surface area contributed by atoms with E-state index in [1.807, 2.05) is 68.4 Å². The van der Waals surface area contributed by atoms with E-state index in [0.29, 0.717) is 24.9 Å². The molecule has 2 heterocycles. The number of benzene rings is 2. The van der Waals surface area contributed by atoms with Crippen LogP contribution in [0.4, 0.5) is 0 Å². The lowest BCUT2D eigenvalue weighted by molar-refractivity contribution is 0.0467. The van der Waals surface area contributed by atoms with Crippen molar-refractivity contribution in [3.05, 3.63) is 70.6 Å². The highest BCUT2D eigenvalue weighted by atomic mass is 32.2. The monoisotopic (exact) mass is 402 g/mol. The molecule has 142 valence electrons. The van der Waals surface area contributed by atoms with Crippen molar-refractivity contribution in [2.45, 2.75) is 31.3 Å². The third-order valence-electron chi connectivity index (χ3n) is 4.73. The molecule has 27 heavy (non-hydrogen) atoms. The lowest BCUT2D eigenvalue weighted by atomic mass is 9.97. The minimum atomic E-state index is -3.48. The number of aliphatic hydroxyl groups is 1. The van der Waals surface area contributed by atoms with Gasteiger partial charge in [-0.2, -0.15) is 0 Å². The van der Waals surface area contributed by atoms with Gasteiger partial charge in [-0.25, -0.2) is 0 Å². The summed E-state index contributed by atoms with van der Waals surface area (Å²) in [7, 11) is -3.48. The van der Waals surface area contributed by atoms with Crippen LogP contribution in [0, 0.1) is 5.41 Å². The number of rotatable bonds is 2. The zero-order valence-corrected chi connectivity index (χ0v) is 17.1. The van der Waals surface area contributed by atoms with Crippen LogP contribution < -0.4 is 0 Å². The Balaban J connectivity index is 1.83. The van der Waals surface area contributed by atoms with Gasteiger partial charge in [0, 0.05) is 21.6 Å². The second-order valence-electron chi connectivity index (χ2n) is 7.71. The number of hydrogen-bond acceptors (Lipinski definition) is 5. The highest BCUT2D eigenvalue weighted by Gasteiger charge is 2.42. The molecule has 0 spiro atoms. The van der Waals surface area contributed by atoms with Gasteiger partial charge < -0.3 is 14.2 Å². The molecule has 0 radical (unpaired) electrons. The Morgan fingerprint density at radius 1 is 1.07 bits per heavy atom. The van der Waals surface area contributed by atoms with Gasteiger partial charge in [0.15, 0.2) is 0 Å². The fourth-order valence-electron chi connectivity index (χ4n) is 3.25. The molecule has 2 aromatic rings. The van der Waals surface area contributed by atoms with Crippen LogP contribution in [0.5, 0.6) is 0 Å². The fraction of sp³-hybridized carbons (Fsp3) is 0.333. The summed E-state index contributed by atoms with van der Waals surface area (Å²) in [4.78, 5) is 1.82. The first-order valence-corrected chi connectivity index (χ1v) is 11.4. The van der Waals surface area contributed by atoms with Gasteiger partial charge in [-0.1, -0.05) is 74.1 Å². The number of thioether (sulfide) groups is 1. The molecule has 0 amide bonds. The molecule has 2 aromatic carbocycles. The first-order valence-electron chi connectivity index (χ1n) is 9.01. The van der Waals surface area contributed by atoms with Crippen molar-refractivity contribution >= 4 is 24.7 Å². The van der Waals surface area contributed by atoms with E-state index >= 15 is 0 Å². The summed E-state index contributed by atoms with van der Waals surface area (Å²) >= 11 is 1.54. The smallest absolute Gasteiger partial charge is 0.362 e. The average molecular weight is 402 g/mol. The van der Waals surface area contributed by atoms with Gasteiger partial charge in [0.05, 0.1) is 24.6 Å². The largest absolute Gasteiger partial charge is 0.388 e. The van der Waals surface area contributed by atoms with Crippen molar-refractivity contribution in [2.75, 3.05) is 13.2 Å². The molecule has 1 N–H and O–H groups in total. The van der Waals surface area contributed by atoms with Gasteiger partial charge in [-0.3, -0.25) is 4.57 Å². The minimum Gasteiger partial charge on any atom is -0.388 e. The van der Waals surface area contributed by atoms with E-state index in [4.69, 9.17) is 9.05 Å². The molecule has 0 aliphatic carbocycles. The fourth-order valence-corrected chi connectivity index (χ4v) is 7.14. The molecule has 4 rings (SSSR count). The zero-order valence-electron chi connectivity index (χ0n) is 15.4. The number of aliphatic hydroxyl groups excluding tert-OH is 1. The molecule has 2 aliphatic heterocycles. The summed E-state index contributed by atoms with van der Waals surface area (Å²) in [6, 6.07) is 17.4. The molecule has 6 heteroatoms. The molecule has 4 nitrogen and oxygen atoms in total. The topological polar surface area (TPSA) is 55.8 Å². The summed E-state index contributed by atoms with van der Waals surface area (Å²) in [6.45, 7) is 4.80. The van der Waals surface area contributed by atoms with Crippen LogP contribution in [-0.2, 0) is 13.6 Å². The number of hydrogen-bond donors (Lipinski definition) is 1. The summed E-state index contributed by atoms with van der Waals surface area (Å²) < 4.78 is 25.5. The number of fused-ring (bicyclic) bond motifs is 1. The molecular weight excluding hydrogens is 379 g/mol. The summed E-state index contributed by atoms with van der Waals surface area (Å²) in [6.07, 6.45) is -0.240. The highest BCUT2D eigenvalue weighted by molar-refractivity contribution is 8.03. The van der Waals surface area contributed by atoms with Gasteiger partial charge in [-0.05, 0) is 17.2 Å². The highest BCUT2D eigenvalue weighted by Crippen LogP contribution is 2.67. The molecule has 0 saturated carbocycles. The van der Waals surface area contributed by atoms with Crippen molar-refractivity contribution in [1.82, 2.24) is 0 Å². The van der Waals surface area contributed by atoms with Crippen molar-refractivity contribution in [2.24, 2.45) is 5.41 Å². The Hall–Kier alpha value is -1.36. The molecule has 0 aromatic heterocycles. The summed E-state index contributed by atoms with van der Waals surface area (Å²) in [5.41, 5.74) is 1.55. The minimum absolute atomic E-state index is 0.174. The van der Waals surface area contributed by atoms with Gasteiger partial charge in [0.1, 0.15) is 0 Å². The maximum atomic E-state index is 13.7. The van der Waals surface area contributed by atoms with Crippen LogP contribution in [0.25, 0.3) is 5.31 Å². The molecule has 1 saturated heterocycles. The van der Waals surface area contributed by atoms with E-state index in [0.717, 1.165) is 20.9 Å². The second-order valence-corrected chi connectivity index (χ2v) is 10.8. The predicted octanol–water partition coefficient (Wildman–Crippen LogP) is 5.85. The van der Waals surface area contributed by atoms with E-state index in [1.54, 1.807) is 11.8 Å². The zero-order chi connectivity index (χ0) is 19.1. The van der Waals surface area contributed by atoms with E-state index in [-0.39, 0.29) is 5.41 Å². The van der Waals surface area contributed by atoms with Crippen LogP contribution in [-0.4, -0.2) is 18.3 Å². The quantitative estimate of drug-likeness (QED) is 0.639. The van der Waals surface area contributed by atoms with Crippen LogP contribution in [0.3, 0.4) is 0 Å². The van der Waals surface area contributed by atoms with Crippen molar-refractivity contribution in [1.29, 1.82) is 0 Å². The normalized spacial score (nSPS) is 25.5. The van der Waals surface area contributed by atoms with Gasteiger partial charge in [0.25, 0.3) is 0 Å². The molecule has 1 unspecified atom stereocenters.